The van der Waals surface area contributed by atoms with E-state index in [0.29, 0.717) is 5.69 Å². The lowest BCUT2D eigenvalue weighted by Gasteiger charge is -2.14. The third-order valence-corrected chi connectivity index (χ3v) is 5.64. The van der Waals surface area contributed by atoms with E-state index >= 15 is 4.39 Å². The molecule has 0 amide bonds. The molecule has 1 aromatic heterocycles. The molecule has 8 nitrogen and oxygen atoms in total. The van der Waals surface area contributed by atoms with Crippen LogP contribution in [0.3, 0.4) is 0 Å². The molecular formula is C25H22ClFN5O3+. The van der Waals surface area contributed by atoms with Crippen LogP contribution in [0.5, 0.6) is 11.5 Å². The van der Waals surface area contributed by atoms with E-state index in [4.69, 9.17) is 28.2 Å². The van der Waals surface area contributed by atoms with E-state index in [2.05, 4.69) is 15.7 Å². The van der Waals surface area contributed by atoms with E-state index in [1.807, 2.05) is 19.9 Å². The van der Waals surface area contributed by atoms with Crippen molar-refractivity contribution in [2.24, 2.45) is 5.92 Å². The predicted molar refractivity (Wildman–Crippen MR) is 127 cm³/mol. The van der Waals surface area contributed by atoms with Crippen LogP contribution >= 0.6 is 11.6 Å². The molecule has 0 spiro atoms. The maximum Gasteiger partial charge on any atom is 0.308 e. The highest BCUT2D eigenvalue weighted by molar-refractivity contribution is 6.32. The zero-order chi connectivity index (χ0) is 25.9. The van der Waals surface area contributed by atoms with Gasteiger partial charge in [-0.2, -0.15) is 15.0 Å². The van der Waals surface area contributed by atoms with Crippen LogP contribution in [0.2, 0.25) is 5.02 Å². The molecule has 2 aromatic carbocycles. The number of aryl methyl sites for hydroxylation is 1. The summed E-state index contributed by atoms with van der Waals surface area (Å²) in [6, 6.07) is 9.75. The number of quaternary nitrogens is 1. The highest BCUT2D eigenvalue weighted by Gasteiger charge is 2.26. The van der Waals surface area contributed by atoms with Crippen LogP contribution in [0.1, 0.15) is 41.0 Å². The molecule has 0 aliphatic heterocycles. The van der Waals surface area contributed by atoms with Crippen LogP contribution in [0.15, 0.2) is 41.2 Å². The number of ether oxygens (including phenoxy) is 1. The van der Waals surface area contributed by atoms with Gasteiger partial charge in [0.05, 0.1) is 23.4 Å². The average Bonchev–Trinajstić information content (AvgIpc) is 2.84. The fourth-order valence-electron chi connectivity index (χ4n) is 3.25. The lowest BCUT2D eigenvalue weighted by molar-refractivity contribution is -0.410. The average molecular weight is 495 g/mol. The molecule has 0 radical (unpaired) electrons. The first-order valence-corrected chi connectivity index (χ1v) is 11.0. The van der Waals surface area contributed by atoms with Gasteiger partial charge in [0.1, 0.15) is 5.75 Å². The second-order valence-electron chi connectivity index (χ2n) is 8.29. The number of carbonyl (C=O) groups is 1. The van der Waals surface area contributed by atoms with Gasteiger partial charge >= 0.3 is 5.91 Å². The number of benzene rings is 2. The zero-order valence-electron chi connectivity index (χ0n) is 19.3. The molecule has 0 saturated heterocycles. The van der Waals surface area contributed by atoms with Crippen molar-refractivity contribution in [3.63, 3.8) is 0 Å². The first-order chi connectivity index (χ1) is 16.5. The smallest absolute Gasteiger partial charge is 0.308 e. The summed E-state index contributed by atoms with van der Waals surface area (Å²) in [4.78, 5) is 28.5. The topological polar surface area (TPSA) is 117 Å². The number of nitriles is 1. The highest BCUT2D eigenvalue weighted by atomic mass is 35.5. The molecule has 1 atom stereocenters. The van der Waals surface area contributed by atoms with Gasteiger partial charge in [-0.15, -0.1) is 0 Å². The van der Waals surface area contributed by atoms with Gasteiger partial charge in [-0.1, -0.05) is 31.5 Å². The quantitative estimate of drug-likeness (QED) is 0.518. The Morgan fingerprint density at radius 2 is 2.06 bits per heavy atom. The predicted octanol–water partition coefficient (Wildman–Crippen LogP) is 4.06. The minimum Gasteiger partial charge on any atom is -0.454 e. The molecule has 3 N–H and O–H groups in total. The van der Waals surface area contributed by atoms with Crippen LogP contribution in [-0.4, -0.2) is 21.7 Å². The van der Waals surface area contributed by atoms with Crippen molar-refractivity contribution < 1.29 is 19.7 Å². The highest BCUT2D eigenvalue weighted by Crippen LogP contribution is 2.36. The summed E-state index contributed by atoms with van der Waals surface area (Å²) in [5, 5.41) is 13.3. The molecule has 0 aliphatic carbocycles. The number of rotatable bonds is 6. The van der Waals surface area contributed by atoms with E-state index < -0.39 is 23.3 Å². The molecule has 3 rings (SSSR count). The van der Waals surface area contributed by atoms with E-state index in [1.54, 1.807) is 6.92 Å². The summed E-state index contributed by atoms with van der Waals surface area (Å²) < 4.78 is 21.8. The Kier molecular flexibility index (Phi) is 7.65. The summed E-state index contributed by atoms with van der Waals surface area (Å²) in [5.74, 6) is -1.62. The Hall–Kier alpha value is -4.05. The Morgan fingerprint density at radius 3 is 2.69 bits per heavy atom. The lowest BCUT2D eigenvalue weighted by atomic mass is 10.0. The number of carbonyl (C=O) groups excluding carboxylic acids is 1. The second-order valence-corrected chi connectivity index (χ2v) is 8.70. The Bertz CT molecular complexity index is 1420. The van der Waals surface area contributed by atoms with Gasteiger partial charge in [0, 0.05) is 23.5 Å². The monoisotopic (exact) mass is 494 g/mol. The molecule has 0 bridgehead atoms. The summed E-state index contributed by atoms with van der Waals surface area (Å²) in [5.41, 5.74) is 4.33. The fourth-order valence-corrected chi connectivity index (χ4v) is 3.43. The Labute approximate surface area is 206 Å². The van der Waals surface area contributed by atoms with E-state index in [0.717, 1.165) is 4.68 Å². The van der Waals surface area contributed by atoms with E-state index in [-0.39, 0.29) is 51.2 Å². The van der Waals surface area contributed by atoms with Crippen molar-refractivity contribution in [1.29, 1.82) is 5.26 Å². The molecule has 0 unspecified atom stereocenters. The third kappa shape index (κ3) is 5.55. The van der Waals surface area contributed by atoms with Gasteiger partial charge in [0.15, 0.2) is 23.3 Å². The first-order valence-electron chi connectivity index (χ1n) is 10.6. The summed E-state index contributed by atoms with van der Waals surface area (Å²) in [7, 11) is 0. The molecule has 0 aliphatic rings. The van der Waals surface area contributed by atoms with Crippen molar-refractivity contribution >= 4 is 23.2 Å². The minimum absolute atomic E-state index is 0.0147. The van der Waals surface area contributed by atoms with Crippen molar-refractivity contribution in [3.8, 4) is 17.6 Å². The number of hydrogen-bond acceptors (Lipinski definition) is 5. The maximum atomic E-state index is 15.4. The van der Waals surface area contributed by atoms with Gasteiger partial charge < -0.3 is 10.5 Å². The van der Waals surface area contributed by atoms with E-state index in [1.165, 1.54) is 36.4 Å². The largest absolute Gasteiger partial charge is 0.454 e. The zero-order valence-corrected chi connectivity index (χ0v) is 20.1. The Morgan fingerprint density at radius 1 is 1.34 bits per heavy atom. The maximum absolute atomic E-state index is 15.4. The van der Waals surface area contributed by atoms with Gasteiger partial charge in [-0.3, -0.25) is 9.59 Å². The number of halogens is 2. The van der Waals surface area contributed by atoms with Gasteiger partial charge in [0.25, 0.3) is 5.56 Å². The first kappa shape index (κ1) is 25.6. The molecule has 1 heterocycles. The van der Waals surface area contributed by atoms with Crippen molar-refractivity contribution in [2.45, 2.75) is 33.2 Å². The van der Waals surface area contributed by atoms with Crippen LogP contribution in [0.4, 0.5) is 10.1 Å². The summed E-state index contributed by atoms with van der Waals surface area (Å²) >= 11 is 6.18. The molecule has 178 valence electrons. The summed E-state index contributed by atoms with van der Waals surface area (Å²) in [6.07, 6.45) is -0.0528. The van der Waals surface area contributed by atoms with Gasteiger partial charge in [-0.05, 0) is 42.8 Å². The van der Waals surface area contributed by atoms with Crippen molar-refractivity contribution in [2.75, 3.05) is 0 Å². The van der Waals surface area contributed by atoms with Gasteiger partial charge in [-0.25, -0.2) is 9.24 Å². The molecule has 10 heteroatoms. The standard InChI is InChI=1S/C25H21ClFN5O3/c1-13(2)22(29)25(34)32-24(33)14(3)7-18(31-32)10-16-5-6-20(26)23(21(16)27)35-19-9-15(12-28)8-17(11-19)30-4/h5-9,11,13,22H,10,29H2,1-3H3/p+1/t22-/m0/s1. The third-order valence-electron chi connectivity index (χ3n) is 5.34. The van der Waals surface area contributed by atoms with Crippen LogP contribution in [-0.2, 0) is 6.42 Å². The molecular weight excluding hydrogens is 473 g/mol. The second kappa shape index (κ2) is 10.5. The fraction of sp³-hybridized carbons (Fsp3) is 0.240. The molecule has 0 saturated carbocycles. The van der Waals surface area contributed by atoms with E-state index in [9.17, 15) is 9.59 Å². The van der Waals surface area contributed by atoms with Crippen LogP contribution < -0.4 is 16.0 Å². The molecule has 35 heavy (non-hydrogen) atoms. The van der Waals surface area contributed by atoms with Crippen molar-refractivity contribution in [1.82, 2.24) is 9.78 Å². The van der Waals surface area contributed by atoms with Crippen molar-refractivity contribution in [3.05, 3.63) is 91.4 Å². The normalized spacial score (nSPS) is 11.6. The number of nitrogens with zero attached hydrogens (tertiary/aromatic N) is 4. The minimum atomic E-state index is -0.773. The number of aromatic nitrogens is 2. The van der Waals surface area contributed by atoms with Crippen LogP contribution in [0, 0.1) is 36.6 Å². The lowest BCUT2D eigenvalue weighted by Crippen LogP contribution is -2.69. The number of hydrogen-bond donors (Lipinski definition) is 1. The Balaban J connectivity index is 2.00. The molecule has 3 aromatic rings. The van der Waals surface area contributed by atoms with Crippen LogP contribution in [0.25, 0.3) is 4.85 Å². The summed E-state index contributed by atoms with van der Waals surface area (Å²) in [6.45, 7) is 12.3. The molecule has 0 fully saturated rings. The van der Waals surface area contributed by atoms with Gasteiger partial charge in [0.2, 0.25) is 0 Å². The SMILES string of the molecule is [C-]#[N+]c1cc(C#N)cc(Oc2c(Cl)ccc(Cc3cc(C)c(=O)n(C(=O)[C@@H]([NH3+])C(C)C)n3)c2F)c1.